The molecule has 0 spiro atoms. The molecule has 2 aromatic carbocycles. The highest BCUT2D eigenvalue weighted by Gasteiger charge is 2.48. The fourth-order valence-electron chi connectivity index (χ4n) is 3.10. The number of ether oxygens (including phenoxy) is 1. The van der Waals surface area contributed by atoms with E-state index in [2.05, 4.69) is 12.0 Å². The first kappa shape index (κ1) is 17.0. The molecule has 1 aliphatic rings. The smallest absolute Gasteiger partial charge is 0.255 e. The largest absolute Gasteiger partial charge is 0.361 e. The van der Waals surface area contributed by atoms with Gasteiger partial charge < -0.3 is 9.64 Å². The maximum Gasteiger partial charge on any atom is 0.255 e. The second kappa shape index (κ2) is 7.83. The number of likely N-dealkylation sites (tertiary alicyclic amines) is 1. The van der Waals surface area contributed by atoms with Gasteiger partial charge in [-0.2, -0.15) is 0 Å². The fraction of sp³-hybridized carbons (Fsp3) is 0.227. The molecule has 0 radical (unpaired) electrons. The second-order valence-corrected chi connectivity index (χ2v) is 6.13. The van der Waals surface area contributed by atoms with E-state index in [9.17, 15) is 4.79 Å². The van der Waals surface area contributed by atoms with Crippen LogP contribution < -0.4 is 0 Å². The summed E-state index contributed by atoms with van der Waals surface area (Å²) in [6.45, 7) is 2.73. The van der Waals surface area contributed by atoms with Gasteiger partial charge in [0, 0.05) is 0 Å². The average Bonchev–Trinajstić information content (AvgIpc) is 2.64. The number of nitrogens with zero attached hydrogens (tertiary/aromatic N) is 1. The standard InChI is InChI=1S/C22H21NO2/c1-3-14-23-20(17(2)15-18-10-6-4-7-11-18)21(22(23)24)25-16-19-12-8-5-9-13-19/h1,4-13,15,20-21H,14,16H2,2H3/b17-15+/t20-,21+/m0/s1. The van der Waals surface area contributed by atoms with Crippen molar-refractivity contribution in [3.8, 4) is 12.3 Å². The Morgan fingerprint density at radius 3 is 2.44 bits per heavy atom. The SMILES string of the molecule is C#CCN1C(=O)[C@H](OCc2ccccc2)[C@@H]1/C(C)=C/c1ccccc1. The van der Waals surface area contributed by atoms with Crippen molar-refractivity contribution in [3.63, 3.8) is 0 Å². The minimum absolute atomic E-state index is 0.0420. The Kier molecular flexibility index (Phi) is 5.33. The molecule has 3 rings (SSSR count). The zero-order valence-electron chi connectivity index (χ0n) is 14.3. The molecule has 3 nitrogen and oxygen atoms in total. The highest BCUT2D eigenvalue weighted by molar-refractivity contribution is 5.90. The van der Waals surface area contributed by atoms with Crippen LogP contribution in [0.5, 0.6) is 0 Å². The Morgan fingerprint density at radius 1 is 1.16 bits per heavy atom. The van der Waals surface area contributed by atoms with Crippen molar-refractivity contribution in [3.05, 3.63) is 77.4 Å². The summed E-state index contributed by atoms with van der Waals surface area (Å²) in [6, 6.07) is 19.8. The van der Waals surface area contributed by atoms with Crippen LogP contribution in [-0.2, 0) is 16.1 Å². The van der Waals surface area contributed by atoms with E-state index >= 15 is 0 Å². The highest BCUT2D eigenvalue weighted by Crippen LogP contribution is 2.30. The average molecular weight is 331 g/mol. The maximum absolute atomic E-state index is 12.4. The topological polar surface area (TPSA) is 29.5 Å². The van der Waals surface area contributed by atoms with Gasteiger partial charge in [-0.1, -0.05) is 72.7 Å². The van der Waals surface area contributed by atoms with Gasteiger partial charge in [-0.05, 0) is 23.6 Å². The van der Waals surface area contributed by atoms with Gasteiger partial charge in [0.05, 0.1) is 19.2 Å². The lowest BCUT2D eigenvalue weighted by Gasteiger charge is -2.46. The van der Waals surface area contributed by atoms with Gasteiger partial charge in [0.25, 0.3) is 5.91 Å². The van der Waals surface area contributed by atoms with E-state index in [1.54, 1.807) is 4.90 Å². The number of rotatable bonds is 6. The van der Waals surface area contributed by atoms with Crippen molar-refractivity contribution in [1.29, 1.82) is 0 Å². The van der Waals surface area contributed by atoms with E-state index < -0.39 is 6.10 Å². The lowest BCUT2D eigenvalue weighted by Crippen LogP contribution is -2.66. The van der Waals surface area contributed by atoms with Gasteiger partial charge in [0.15, 0.2) is 6.10 Å². The first-order valence-electron chi connectivity index (χ1n) is 8.33. The summed E-state index contributed by atoms with van der Waals surface area (Å²) < 4.78 is 5.92. The summed E-state index contributed by atoms with van der Waals surface area (Å²) in [5.41, 5.74) is 3.22. The van der Waals surface area contributed by atoms with Crippen molar-refractivity contribution in [1.82, 2.24) is 4.90 Å². The van der Waals surface area contributed by atoms with Crippen LogP contribution in [0.1, 0.15) is 18.1 Å². The maximum atomic E-state index is 12.4. The van der Waals surface area contributed by atoms with Gasteiger partial charge in [-0.15, -0.1) is 6.42 Å². The van der Waals surface area contributed by atoms with Crippen molar-refractivity contribution < 1.29 is 9.53 Å². The van der Waals surface area contributed by atoms with E-state index in [0.717, 1.165) is 16.7 Å². The van der Waals surface area contributed by atoms with Crippen LogP contribution in [0, 0.1) is 12.3 Å². The molecule has 0 N–H and O–H groups in total. The summed E-state index contributed by atoms with van der Waals surface area (Å²) in [4.78, 5) is 14.1. The number of carbonyl (C=O) groups is 1. The zero-order chi connectivity index (χ0) is 17.6. The molecular formula is C22H21NO2. The first-order valence-corrected chi connectivity index (χ1v) is 8.33. The van der Waals surface area contributed by atoms with Crippen LogP contribution in [0.2, 0.25) is 0 Å². The molecule has 0 saturated carbocycles. The molecule has 126 valence electrons. The van der Waals surface area contributed by atoms with Gasteiger partial charge in [-0.25, -0.2) is 0 Å². The van der Waals surface area contributed by atoms with E-state index in [4.69, 9.17) is 11.2 Å². The number of hydrogen-bond donors (Lipinski definition) is 0. The Balaban J connectivity index is 1.76. The zero-order valence-corrected chi connectivity index (χ0v) is 14.3. The van der Waals surface area contributed by atoms with Gasteiger partial charge >= 0.3 is 0 Å². The normalized spacial score (nSPS) is 20.1. The molecule has 1 aliphatic heterocycles. The van der Waals surface area contributed by atoms with Crippen molar-refractivity contribution in [2.24, 2.45) is 0 Å². The number of carbonyl (C=O) groups excluding carboxylic acids is 1. The molecule has 1 fully saturated rings. The molecular weight excluding hydrogens is 310 g/mol. The Morgan fingerprint density at radius 2 is 1.80 bits per heavy atom. The third-order valence-corrected chi connectivity index (χ3v) is 4.34. The monoisotopic (exact) mass is 331 g/mol. The molecule has 0 bridgehead atoms. The van der Waals surface area contributed by atoms with E-state index in [-0.39, 0.29) is 11.9 Å². The Labute approximate surface area is 148 Å². The molecule has 25 heavy (non-hydrogen) atoms. The molecule has 0 aromatic heterocycles. The molecule has 2 atom stereocenters. The van der Waals surface area contributed by atoms with Crippen LogP contribution in [-0.4, -0.2) is 29.5 Å². The summed E-state index contributed by atoms with van der Waals surface area (Å²) in [5.74, 6) is 2.52. The van der Waals surface area contributed by atoms with Crippen molar-refractivity contribution in [2.75, 3.05) is 6.54 Å². The van der Waals surface area contributed by atoms with E-state index in [1.165, 1.54) is 0 Å². The minimum atomic E-state index is -0.478. The summed E-state index contributed by atoms with van der Waals surface area (Å²) in [6.07, 6.45) is 7.03. The number of hydrogen-bond acceptors (Lipinski definition) is 2. The molecule has 0 aliphatic carbocycles. The number of β-lactam (4-membered cyclic amide) rings is 1. The number of amides is 1. The third-order valence-electron chi connectivity index (χ3n) is 4.34. The van der Waals surface area contributed by atoms with Crippen LogP contribution in [0.15, 0.2) is 66.2 Å². The van der Waals surface area contributed by atoms with E-state index in [1.807, 2.05) is 67.6 Å². The molecule has 1 saturated heterocycles. The van der Waals surface area contributed by atoms with Gasteiger partial charge in [0.2, 0.25) is 0 Å². The van der Waals surface area contributed by atoms with E-state index in [0.29, 0.717) is 13.2 Å². The van der Waals surface area contributed by atoms with Crippen LogP contribution >= 0.6 is 0 Å². The number of benzene rings is 2. The quantitative estimate of drug-likeness (QED) is 0.599. The van der Waals surface area contributed by atoms with Gasteiger partial charge in [-0.3, -0.25) is 4.79 Å². The molecule has 2 aromatic rings. The summed E-state index contributed by atoms with van der Waals surface area (Å²) in [7, 11) is 0. The molecule has 0 unspecified atom stereocenters. The Bertz CT molecular complexity index is 790. The third kappa shape index (κ3) is 3.81. The first-order chi connectivity index (χ1) is 12.2. The number of terminal acetylenes is 1. The van der Waals surface area contributed by atoms with Crippen LogP contribution in [0.3, 0.4) is 0 Å². The predicted octanol–water partition coefficient (Wildman–Crippen LogP) is 3.52. The summed E-state index contributed by atoms with van der Waals surface area (Å²) >= 11 is 0. The minimum Gasteiger partial charge on any atom is -0.361 e. The molecule has 1 amide bonds. The molecule has 1 heterocycles. The predicted molar refractivity (Wildman–Crippen MR) is 99.4 cm³/mol. The van der Waals surface area contributed by atoms with Crippen molar-refractivity contribution >= 4 is 12.0 Å². The Hall–Kier alpha value is -2.83. The highest BCUT2D eigenvalue weighted by atomic mass is 16.5. The fourth-order valence-corrected chi connectivity index (χ4v) is 3.10. The second-order valence-electron chi connectivity index (χ2n) is 6.13. The lowest BCUT2D eigenvalue weighted by molar-refractivity contribution is -0.170. The van der Waals surface area contributed by atoms with Crippen LogP contribution in [0.25, 0.3) is 6.08 Å². The molecule has 3 heteroatoms. The van der Waals surface area contributed by atoms with Crippen LogP contribution in [0.4, 0.5) is 0 Å². The van der Waals surface area contributed by atoms with Gasteiger partial charge in [0.1, 0.15) is 0 Å². The van der Waals surface area contributed by atoms with Crippen molar-refractivity contribution in [2.45, 2.75) is 25.7 Å². The summed E-state index contributed by atoms with van der Waals surface area (Å²) in [5, 5.41) is 0. The lowest BCUT2D eigenvalue weighted by atomic mass is 9.90.